The summed E-state index contributed by atoms with van der Waals surface area (Å²) in [7, 11) is 0. The van der Waals surface area contributed by atoms with Gasteiger partial charge < -0.3 is 4.90 Å². The minimum atomic E-state index is -0.155. The van der Waals surface area contributed by atoms with Crippen molar-refractivity contribution in [1.82, 2.24) is 4.90 Å². The third-order valence-corrected chi connectivity index (χ3v) is 2.65. The molecule has 0 saturated carbocycles. The van der Waals surface area contributed by atoms with Crippen LogP contribution in [0.1, 0.15) is 27.2 Å². The van der Waals surface area contributed by atoms with Crippen molar-refractivity contribution in [2.24, 2.45) is 5.92 Å². The molecule has 1 aliphatic rings. The fourth-order valence-electron chi connectivity index (χ4n) is 1.85. The minimum absolute atomic E-state index is 0.155. The van der Waals surface area contributed by atoms with Crippen LogP contribution in [0.25, 0.3) is 0 Å². The van der Waals surface area contributed by atoms with E-state index in [4.69, 9.17) is 0 Å². The van der Waals surface area contributed by atoms with Crippen LogP contribution in [0.15, 0.2) is 0 Å². The topological polar surface area (TPSA) is 20.3 Å². The third-order valence-electron chi connectivity index (χ3n) is 2.42. The molecule has 1 amide bonds. The van der Waals surface area contributed by atoms with Crippen molar-refractivity contribution in [3.63, 3.8) is 0 Å². The van der Waals surface area contributed by atoms with Crippen molar-refractivity contribution in [1.29, 1.82) is 0 Å². The molecule has 3 unspecified atom stereocenters. The van der Waals surface area contributed by atoms with E-state index in [9.17, 15) is 4.79 Å². The zero-order valence-electron chi connectivity index (χ0n) is 7.95. The van der Waals surface area contributed by atoms with E-state index >= 15 is 0 Å². The summed E-state index contributed by atoms with van der Waals surface area (Å²) >= 11 is 4.15. The number of rotatable bonds is 1. The van der Waals surface area contributed by atoms with Gasteiger partial charge in [0.1, 0.15) is 0 Å². The number of carbonyl (C=O) groups is 1. The molecule has 3 heteroatoms. The molecule has 0 aromatic rings. The summed E-state index contributed by atoms with van der Waals surface area (Å²) in [6.07, 6.45) is 1.13. The van der Waals surface area contributed by atoms with Crippen LogP contribution in [0, 0.1) is 5.92 Å². The lowest BCUT2D eigenvalue weighted by atomic mass is 10.1. The fourth-order valence-corrected chi connectivity index (χ4v) is 2.00. The Labute approximate surface area is 79.7 Å². The van der Waals surface area contributed by atoms with E-state index < -0.39 is 0 Å². The Morgan fingerprint density at radius 1 is 1.58 bits per heavy atom. The lowest BCUT2D eigenvalue weighted by Gasteiger charge is -2.22. The van der Waals surface area contributed by atoms with E-state index in [1.165, 1.54) is 0 Å². The van der Waals surface area contributed by atoms with E-state index in [1.54, 1.807) is 0 Å². The predicted octanol–water partition coefficient (Wildman–Crippen LogP) is 1.56. The quantitative estimate of drug-likeness (QED) is 0.618. The van der Waals surface area contributed by atoms with Gasteiger partial charge in [0, 0.05) is 12.6 Å². The summed E-state index contributed by atoms with van der Waals surface area (Å²) in [5, 5.41) is -0.155. The van der Waals surface area contributed by atoms with Crippen molar-refractivity contribution in [3.05, 3.63) is 0 Å². The van der Waals surface area contributed by atoms with Crippen LogP contribution < -0.4 is 0 Å². The van der Waals surface area contributed by atoms with Crippen LogP contribution in [0.2, 0.25) is 0 Å². The number of carbonyl (C=O) groups excluding carboxylic acids is 1. The van der Waals surface area contributed by atoms with Gasteiger partial charge in [0.25, 0.3) is 0 Å². The van der Waals surface area contributed by atoms with Gasteiger partial charge >= 0.3 is 0 Å². The second-order valence-electron chi connectivity index (χ2n) is 3.86. The summed E-state index contributed by atoms with van der Waals surface area (Å²) in [4.78, 5) is 13.5. The Morgan fingerprint density at radius 2 is 2.17 bits per heavy atom. The van der Waals surface area contributed by atoms with Gasteiger partial charge in [-0.05, 0) is 26.2 Å². The lowest BCUT2D eigenvalue weighted by molar-refractivity contribution is -0.130. The van der Waals surface area contributed by atoms with Gasteiger partial charge in [-0.1, -0.05) is 6.92 Å². The normalized spacial score (nSPS) is 32.2. The second-order valence-corrected chi connectivity index (χ2v) is 4.63. The van der Waals surface area contributed by atoms with E-state index in [2.05, 4.69) is 26.5 Å². The van der Waals surface area contributed by atoms with E-state index in [0.29, 0.717) is 12.0 Å². The van der Waals surface area contributed by atoms with Crippen molar-refractivity contribution in [2.45, 2.75) is 38.5 Å². The first-order valence-electron chi connectivity index (χ1n) is 4.51. The van der Waals surface area contributed by atoms with Crippen LogP contribution in [-0.4, -0.2) is 28.6 Å². The molecule has 3 atom stereocenters. The maximum absolute atomic E-state index is 11.6. The Kier molecular flexibility index (Phi) is 3.04. The maximum atomic E-state index is 11.6. The summed E-state index contributed by atoms with van der Waals surface area (Å²) in [5.41, 5.74) is 0. The van der Waals surface area contributed by atoms with Gasteiger partial charge in [0.05, 0.1) is 5.25 Å². The number of hydrogen-bond donors (Lipinski definition) is 1. The Balaban J connectivity index is 2.58. The highest BCUT2D eigenvalue weighted by Gasteiger charge is 2.30. The SMILES string of the molecule is CC1CC(C)N(C(=O)C(C)S)C1. The first kappa shape index (κ1) is 9.90. The number of thiol groups is 1. The molecule has 1 rings (SSSR count). The lowest BCUT2D eigenvalue weighted by Crippen LogP contribution is -2.38. The standard InChI is InChI=1S/C9H17NOS/c1-6-4-7(2)10(5-6)9(11)8(3)12/h6-8,12H,4-5H2,1-3H3. The zero-order chi connectivity index (χ0) is 9.30. The molecule has 0 aliphatic carbocycles. The van der Waals surface area contributed by atoms with Gasteiger partial charge in [0.15, 0.2) is 0 Å². The van der Waals surface area contributed by atoms with Crippen molar-refractivity contribution in [2.75, 3.05) is 6.54 Å². The van der Waals surface area contributed by atoms with E-state index in [-0.39, 0.29) is 11.2 Å². The molecular weight excluding hydrogens is 170 g/mol. The average molecular weight is 187 g/mol. The van der Waals surface area contributed by atoms with Gasteiger partial charge in [-0.15, -0.1) is 0 Å². The Hall–Kier alpha value is -0.180. The minimum Gasteiger partial charge on any atom is -0.339 e. The maximum Gasteiger partial charge on any atom is 0.235 e. The molecule has 1 fully saturated rings. The number of likely N-dealkylation sites (tertiary alicyclic amines) is 1. The third kappa shape index (κ3) is 1.94. The second kappa shape index (κ2) is 3.69. The van der Waals surface area contributed by atoms with Crippen LogP contribution in [0.3, 0.4) is 0 Å². The van der Waals surface area contributed by atoms with E-state index in [0.717, 1.165) is 13.0 Å². The zero-order valence-corrected chi connectivity index (χ0v) is 8.84. The van der Waals surface area contributed by atoms with Crippen LogP contribution in [0.5, 0.6) is 0 Å². The van der Waals surface area contributed by atoms with Crippen molar-refractivity contribution < 1.29 is 4.79 Å². The fraction of sp³-hybridized carbons (Fsp3) is 0.889. The molecule has 12 heavy (non-hydrogen) atoms. The Bertz CT molecular complexity index is 181. The average Bonchev–Trinajstić information content (AvgIpc) is 2.28. The van der Waals surface area contributed by atoms with Gasteiger partial charge in [-0.3, -0.25) is 4.79 Å². The van der Waals surface area contributed by atoms with Crippen LogP contribution in [0.4, 0.5) is 0 Å². The molecule has 1 aliphatic heterocycles. The highest BCUT2D eigenvalue weighted by atomic mass is 32.1. The first-order chi connectivity index (χ1) is 5.52. The van der Waals surface area contributed by atoms with Crippen LogP contribution in [-0.2, 0) is 4.79 Å². The Morgan fingerprint density at radius 3 is 2.50 bits per heavy atom. The summed E-state index contributed by atoms with van der Waals surface area (Å²) in [5.74, 6) is 0.825. The molecule has 0 spiro atoms. The van der Waals surface area contributed by atoms with Crippen LogP contribution >= 0.6 is 12.6 Å². The van der Waals surface area contributed by atoms with E-state index in [1.807, 2.05) is 11.8 Å². The summed E-state index contributed by atoms with van der Waals surface area (Å²) in [6.45, 7) is 7.04. The molecule has 0 aromatic carbocycles. The highest BCUT2D eigenvalue weighted by molar-refractivity contribution is 7.81. The monoisotopic (exact) mass is 187 g/mol. The molecule has 0 bridgehead atoms. The largest absolute Gasteiger partial charge is 0.339 e. The molecule has 0 radical (unpaired) electrons. The van der Waals surface area contributed by atoms with Gasteiger partial charge in [0.2, 0.25) is 5.91 Å². The van der Waals surface area contributed by atoms with Crippen molar-refractivity contribution in [3.8, 4) is 0 Å². The summed E-state index contributed by atoms with van der Waals surface area (Å²) < 4.78 is 0. The first-order valence-corrected chi connectivity index (χ1v) is 5.02. The molecule has 0 aromatic heterocycles. The van der Waals surface area contributed by atoms with Gasteiger partial charge in [-0.2, -0.15) is 12.6 Å². The molecule has 1 heterocycles. The molecular formula is C9H17NOS. The molecule has 70 valence electrons. The summed E-state index contributed by atoms with van der Waals surface area (Å²) in [6, 6.07) is 0.405. The predicted molar refractivity (Wildman–Crippen MR) is 53.4 cm³/mol. The molecule has 2 nitrogen and oxygen atoms in total. The number of amides is 1. The molecule has 0 N–H and O–H groups in total. The molecule has 1 saturated heterocycles. The van der Waals surface area contributed by atoms with Crippen molar-refractivity contribution >= 4 is 18.5 Å². The smallest absolute Gasteiger partial charge is 0.235 e. The highest BCUT2D eigenvalue weighted by Crippen LogP contribution is 2.23. The number of nitrogens with zero attached hydrogens (tertiary/aromatic N) is 1. The van der Waals surface area contributed by atoms with Gasteiger partial charge in [-0.25, -0.2) is 0 Å². The number of hydrogen-bond acceptors (Lipinski definition) is 2.